The van der Waals surface area contributed by atoms with Gasteiger partial charge in [0, 0.05) is 49.5 Å². The average Bonchev–Trinajstić information content (AvgIpc) is 2.88. The molecule has 1 aliphatic heterocycles. The fourth-order valence-corrected chi connectivity index (χ4v) is 5.38. The zero-order valence-electron chi connectivity index (χ0n) is 21.5. The molecule has 1 aliphatic rings. The average molecular weight is 484 g/mol. The fraction of sp³-hybridized carbons (Fsp3) is 0.323. The first-order valence-corrected chi connectivity index (χ1v) is 12.8. The molecule has 4 rings (SSSR count). The first-order chi connectivity index (χ1) is 17.4. The maximum atomic E-state index is 14.0. The van der Waals surface area contributed by atoms with E-state index in [0.29, 0.717) is 18.2 Å². The molecule has 5 nitrogen and oxygen atoms in total. The minimum absolute atomic E-state index is 0.0181. The van der Waals surface area contributed by atoms with Gasteiger partial charge in [0.15, 0.2) is 0 Å². The van der Waals surface area contributed by atoms with Gasteiger partial charge in [-0.05, 0) is 62.2 Å². The Morgan fingerprint density at radius 3 is 2.44 bits per heavy atom. The molecule has 0 saturated carbocycles. The van der Waals surface area contributed by atoms with Crippen LogP contribution in [-0.4, -0.2) is 59.1 Å². The molecule has 3 atom stereocenters. The van der Waals surface area contributed by atoms with Gasteiger partial charge in [0.2, 0.25) is 0 Å². The molecule has 0 radical (unpaired) electrons. The maximum absolute atomic E-state index is 14.0. The minimum atomic E-state index is -0.171. The number of rotatable bonds is 8. The third-order valence-electron chi connectivity index (χ3n) is 7.16. The van der Waals surface area contributed by atoms with E-state index in [9.17, 15) is 9.90 Å². The van der Waals surface area contributed by atoms with Crippen molar-refractivity contribution < 1.29 is 9.90 Å². The normalized spacial score (nSPS) is 19.5. The summed E-state index contributed by atoms with van der Waals surface area (Å²) in [5, 5.41) is 10.4. The second-order valence-electron chi connectivity index (χ2n) is 9.61. The highest BCUT2D eigenvalue weighted by Crippen LogP contribution is 2.36. The largest absolute Gasteiger partial charge is 0.508 e. The van der Waals surface area contributed by atoms with Gasteiger partial charge in [-0.1, -0.05) is 54.6 Å². The smallest absolute Gasteiger partial charge is 0.258 e. The number of benzene rings is 3. The van der Waals surface area contributed by atoms with Crippen LogP contribution in [0.5, 0.6) is 5.75 Å². The molecule has 1 fully saturated rings. The second kappa shape index (κ2) is 11.5. The van der Waals surface area contributed by atoms with Crippen LogP contribution in [0.2, 0.25) is 0 Å². The number of carbonyl (C=O) groups is 1. The lowest BCUT2D eigenvalue weighted by Crippen LogP contribution is -2.57. The molecule has 3 aromatic rings. The summed E-state index contributed by atoms with van der Waals surface area (Å²) in [5.41, 5.74) is 3.51. The lowest BCUT2D eigenvalue weighted by Gasteiger charge is -2.47. The quantitative estimate of drug-likeness (QED) is 0.416. The van der Waals surface area contributed by atoms with Crippen LogP contribution in [0.15, 0.2) is 91.5 Å². The van der Waals surface area contributed by atoms with Crippen LogP contribution in [0.3, 0.4) is 0 Å². The summed E-state index contributed by atoms with van der Waals surface area (Å²) >= 11 is 0. The number of carbonyl (C=O) groups excluding carboxylic acids is 1. The van der Waals surface area contributed by atoms with Gasteiger partial charge in [0.05, 0.1) is 6.04 Å². The second-order valence-corrected chi connectivity index (χ2v) is 9.61. The van der Waals surface area contributed by atoms with E-state index in [2.05, 4.69) is 36.3 Å². The van der Waals surface area contributed by atoms with Crippen LogP contribution in [0.25, 0.3) is 0 Å². The van der Waals surface area contributed by atoms with Crippen molar-refractivity contribution in [3.8, 4) is 5.75 Å². The van der Waals surface area contributed by atoms with Gasteiger partial charge in [-0.2, -0.15) is 0 Å². The summed E-state index contributed by atoms with van der Waals surface area (Å²) in [5.74, 6) is 0.210. The summed E-state index contributed by atoms with van der Waals surface area (Å²) in [6.07, 6.45) is 1.96. The number of amides is 1. The minimum Gasteiger partial charge on any atom is -0.508 e. The van der Waals surface area contributed by atoms with E-state index in [1.54, 1.807) is 6.07 Å². The lowest BCUT2D eigenvalue weighted by atomic mass is 9.90. The van der Waals surface area contributed by atoms with Crippen LogP contribution in [0, 0.1) is 0 Å². The van der Waals surface area contributed by atoms with Gasteiger partial charge in [0.1, 0.15) is 5.75 Å². The Kier molecular flexibility index (Phi) is 8.24. The number of anilines is 1. The van der Waals surface area contributed by atoms with E-state index in [-0.39, 0.29) is 23.7 Å². The number of para-hydroxylation sites is 1. The van der Waals surface area contributed by atoms with Crippen LogP contribution in [0.1, 0.15) is 48.3 Å². The van der Waals surface area contributed by atoms with E-state index >= 15 is 0 Å². The molecule has 3 aromatic carbocycles. The molecule has 1 amide bonds. The highest BCUT2D eigenvalue weighted by Gasteiger charge is 2.36. The molecular weight excluding hydrogens is 446 g/mol. The lowest BCUT2D eigenvalue weighted by molar-refractivity contribution is 0.0304. The zero-order chi connectivity index (χ0) is 25.7. The Bertz CT molecular complexity index is 1180. The van der Waals surface area contributed by atoms with Gasteiger partial charge in [-0.15, -0.1) is 6.58 Å². The first-order valence-electron chi connectivity index (χ1n) is 12.8. The van der Waals surface area contributed by atoms with Crippen molar-refractivity contribution in [2.24, 2.45) is 0 Å². The SMILES string of the molecule is C=CCN1C[C@H](C)N([C@H](c2cccc(O)c2)c2ccccc2C(=O)N(CC)c2ccccc2)C[C@H]1C. The van der Waals surface area contributed by atoms with Crippen molar-refractivity contribution in [2.45, 2.75) is 38.9 Å². The third-order valence-corrected chi connectivity index (χ3v) is 7.16. The van der Waals surface area contributed by atoms with E-state index < -0.39 is 0 Å². The molecule has 0 aromatic heterocycles. The van der Waals surface area contributed by atoms with Gasteiger partial charge in [0.25, 0.3) is 5.91 Å². The number of piperazine rings is 1. The highest BCUT2D eigenvalue weighted by atomic mass is 16.3. The van der Waals surface area contributed by atoms with Crippen molar-refractivity contribution in [3.05, 3.63) is 108 Å². The van der Waals surface area contributed by atoms with Crippen molar-refractivity contribution in [2.75, 3.05) is 31.1 Å². The first kappa shape index (κ1) is 25.7. The molecule has 36 heavy (non-hydrogen) atoms. The number of aromatic hydroxyl groups is 1. The number of hydrogen-bond donors (Lipinski definition) is 1. The third kappa shape index (κ3) is 5.38. The monoisotopic (exact) mass is 483 g/mol. The summed E-state index contributed by atoms with van der Waals surface area (Å²) in [7, 11) is 0. The zero-order valence-corrected chi connectivity index (χ0v) is 21.5. The van der Waals surface area contributed by atoms with Gasteiger partial charge >= 0.3 is 0 Å². The number of nitrogens with zero attached hydrogens (tertiary/aromatic N) is 3. The fourth-order valence-electron chi connectivity index (χ4n) is 5.38. The molecule has 188 valence electrons. The molecular formula is C31H37N3O2. The predicted molar refractivity (Wildman–Crippen MR) is 148 cm³/mol. The van der Waals surface area contributed by atoms with Crippen molar-refractivity contribution in [1.82, 2.24) is 9.80 Å². The van der Waals surface area contributed by atoms with Gasteiger partial charge < -0.3 is 10.0 Å². The predicted octanol–water partition coefficient (Wildman–Crippen LogP) is 5.73. The Morgan fingerprint density at radius 2 is 1.75 bits per heavy atom. The van der Waals surface area contributed by atoms with Crippen LogP contribution >= 0.6 is 0 Å². The van der Waals surface area contributed by atoms with Crippen LogP contribution < -0.4 is 4.90 Å². The summed E-state index contributed by atoms with van der Waals surface area (Å²) in [6, 6.07) is 25.6. The van der Waals surface area contributed by atoms with Crippen LogP contribution in [0.4, 0.5) is 5.69 Å². The Hall–Kier alpha value is -3.41. The summed E-state index contributed by atoms with van der Waals surface area (Å²) in [6.45, 7) is 13.6. The van der Waals surface area contributed by atoms with Gasteiger partial charge in [-0.3, -0.25) is 14.6 Å². The summed E-state index contributed by atoms with van der Waals surface area (Å²) < 4.78 is 0. The Labute approximate surface area is 215 Å². The van der Waals surface area contributed by atoms with E-state index in [0.717, 1.165) is 36.4 Å². The van der Waals surface area contributed by atoms with Crippen molar-refractivity contribution in [1.29, 1.82) is 0 Å². The Balaban J connectivity index is 1.80. The van der Waals surface area contributed by atoms with Crippen molar-refractivity contribution >= 4 is 11.6 Å². The molecule has 1 saturated heterocycles. The van der Waals surface area contributed by atoms with E-state index in [1.165, 1.54) is 0 Å². The Morgan fingerprint density at radius 1 is 1.03 bits per heavy atom. The molecule has 5 heteroatoms. The van der Waals surface area contributed by atoms with Crippen molar-refractivity contribution in [3.63, 3.8) is 0 Å². The maximum Gasteiger partial charge on any atom is 0.258 e. The highest BCUT2D eigenvalue weighted by molar-refractivity contribution is 6.07. The molecule has 0 spiro atoms. The summed E-state index contributed by atoms with van der Waals surface area (Å²) in [4.78, 5) is 20.7. The number of phenols is 1. The molecule has 0 aliphatic carbocycles. The van der Waals surface area contributed by atoms with E-state index in [1.807, 2.05) is 84.6 Å². The molecule has 0 bridgehead atoms. The standard InChI is InChI=1S/C31H37N3O2/c1-5-19-32-21-24(4)34(22-23(32)3)30(25-13-12-16-27(35)20-25)28-17-10-11-18-29(28)31(36)33(6-2)26-14-8-7-9-15-26/h5,7-18,20,23-24,30,35H,1,6,19,21-22H2,2-4H3/t23-,24+,30-/m1/s1. The number of phenolic OH excluding ortho intramolecular Hbond substituents is 1. The topological polar surface area (TPSA) is 47.0 Å². The molecule has 0 unspecified atom stereocenters. The van der Waals surface area contributed by atoms with Crippen LogP contribution in [-0.2, 0) is 0 Å². The molecule has 1 N–H and O–H groups in total. The number of hydrogen-bond acceptors (Lipinski definition) is 4. The molecule has 1 heterocycles. The van der Waals surface area contributed by atoms with E-state index in [4.69, 9.17) is 0 Å². The van der Waals surface area contributed by atoms with Gasteiger partial charge in [-0.25, -0.2) is 0 Å².